The standard InChI is InChI=1S/C12H15N/c1-9(2)5-6-12-7-10(3)13-11(4)8-12/h7-9H,1-4H3. The first kappa shape index (κ1) is 9.80. The Morgan fingerprint density at radius 1 is 1.15 bits per heavy atom. The summed E-state index contributed by atoms with van der Waals surface area (Å²) in [6, 6.07) is 4.03. The Kier molecular flexibility index (Phi) is 3.08. The molecule has 0 atom stereocenters. The fourth-order valence-electron chi connectivity index (χ4n) is 1.13. The molecule has 0 N–H and O–H groups in total. The summed E-state index contributed by atoms with van der Waals surface area (Å²) in [5.74, 6) is 6.70. The fraction of sp³-hybridized carbons (Fsp3) is 0.417. The molecule has 0 bridgehead atoms. The Morgan fingerprint density at radius 3 is 2.15 bits per heavy atom. The third kappa shape index (κ3) is 3.29. The first-order chi connectivity index (χ1) is 6.08. The topological polar surface area (TPSA) is 12.9 Å². The minimum Gasteiger partial charge on any atom is -0.258 e. The normalized spacial score (nSPS) is 9.62. The summed E-state index contributed by atoms with van der Waals surface area (Å²) in [6.45, 7) is 8.17. The van der Waals surface area contributed by atoms with Crippen molar-refractivity contribution in [2.45, 2.75) is 27.7 Å². The molecule has 68 valence electrons. The Balaban J connectivity index is 2.98. The van der Waals surface area contributed by atoms with Crippen LogP contribution in [-0.4, -0.2) is 4.98 Å². The van der Waals surface area contributed by atoms with Crippen molar-refractivity contribution in [3.8, 4) is 11.8 Å². The molecule has 0 aliphatic carbocycles. The Bertz CT molecular complexity index is 333. The average molecular weight is 173 g/mol. The van der Waals surface area contributed by atoms with Gasteiger partial charge in [0.05, 0.1) is 0 Å². The average Bonchev–Trinajstić information content (AvgIpc) is 1.99. The zero-order valence-corrected chi connectivity index (χ0v) is 8.68. The van der Waals surface area contributed by atoms with Gasteiger partial charge in [-0.3, -0.25) is 4.98 Å². The summed E-state index contributed by atoms with van der Waals surface area (Å²) in [5.41, 5.74) is 3.14. The van der Waals surface area contributed by atoms with E-state index in [9.17, 15) is 0 Å². The van der Waals surface area contributed by atoms with Gasteiger partial charge in [0, 0.05) is 22.9 Å². The molecule has 0 aliphatic rings. The second-order valence-corrected chi connectivity index (χ2v) is 3.56. The molecule has 0 fully saturated rings. The maximum Gasteiger partial charge on any atom is 0.0388 e. The molecule has 1 heterocycles. The van der Waals surface area contributed by atoms with Crippen LogP contribution in [0.2, 0.25) is 0 Å². The molecule has 0 unspecified atom stereocenters. The van der Waals surface area contributed by atoms with Crippen molar-refractivity contribution in [3.63, 3.8) is 0 Å². The molecular weight excluding hydrogens is 158 g/mol. The van der Waals surface area contributed by atoms with Crippen molar-refractivity contribution in [3.05, 3.63) is 29.1 Å². The summed E-state index contributed by atoms with van der Waals surface area (Å²) in [4.78, 5) is 4.29. The lowest BCUT2D eigenvalue weighted by molar-refractivity contribution is 0.866. The van der Waals surface area contributed by atoms with E-state index in [1.54, 1.807) is 0 Å². The molecule has 13 heavy (non-hydrogen) atoms. The summed E-state index contributed by atoms with van der Waals surface area (Å²) < 4.78 is 0. The van der Waals surface area contributed by atoms with E-state index >= 15 is 0 Å². The number of hydrogen-bond donors (Lipinski definition) is 0. The van der Waals surface area contributed by atoms with Crippen LogP contribution in [0, 0.1) is 31.6 Å². The van der Waals surface area contributed by atoms with Gasteiger partial charge in [-0.25, -0.2) is 0 Å². The van der Waals surface area contributed by atoms with E-state index in [0.29, 0.717) is 5.92 Å². The largest absolute Gasteiger partial charge is 0.258 e. The minimum atomic E-state index is 0.425. The molecule has 0 saturated heterocycles. The van der Waals surface area contributed by atoms with Crippen LogP contribution in [0.25, 0.3) is 0 Å². The van der Waals surface area contributed by atoms with Crippen LogP contribution in [0.5, 0.6) is 0 Å². The highest BCUT2D eigenvalue weighted by molar-refractivity contribution is 5.36. The highest BCUT2D eigenvalue weighted by Gasteiger charge is 1.93. The summed E-state index contributed by atoms with van der Waals surface area (Å²) >= 11 is 0. The predicted octanol–water partition coefficient (Wildman–Crippen LogP) is 2.71. The maximum atomic E-state index is 4.29. The summed E-state index contributed by atoms with van der Waals surface area (Å²) in [6.07, 6.45) is 0. The first-order valence-corrected chi connectivity index (χ1v) is 4.55. The van der Waals surface area contributed by atoms with Gasteiger partial charge in [0.25, 0.3) is 0 Å². The molecule has 0 aliphatic heterocycles. The second-order valence-electron chi connectivity index (χ2n) is 3.56. The lowest BCUT2D eigenvalue weighted by Gasteiger charge is -1.97. The van der Waals surface area contributed by atoms with Gasteiger partial charge in [0.2, 0.25) is 0 Å². The van der Waals surface area contributed by atoms with Crippen LogP contribution in [0.15, 0.2) is 12.1 Å². The molecule has 0 amide bonds. The predicted molar refractivity (Wildman–Crippen MR) is 55.4 cm³/mol. The van der Waals surface area contributed by atoms with Crippen LogP contribution in [-0.2, 0) is 0 Å². The lowest BCUT2D eigenvalue weighted by atomic mass is 10.1. The summed E-state index contributed by atoms with van der Waals surface area (Å²) in [7, 11) is 0. The van der Waals surface area contributed by atoms with Crippen LogP contribution in [0.1, 0.15) is 30.8 Å². The van der Waals surface area contributed by atoms with Crippen molar-refractivity contribution in [1.82, 2.24) is 4.98 Å². The zero-order chi connectivity index (χ0) is 9.84. The van der Waals surface area contributed by atoms with E-state index in [2.05, 4.69) is 30.7 Å². The van der Waals surface area contributed by atoms with Crippen molar-refractivity contribution >= 4 is 0 Å². The number of aromatic nitrogens is 1. The van der Waals surface area contributed by atoms with Gasteiger partial charge in [-0.2, -0.15) is 0 Å². The first-order valence-electron chi connectivity index (χ1n) is 4.55. The number of pyridine rings is 1. The van der Waals surface area contributed by atoms with Crippen LogP contribution >= 0.6 is 0 Å². The molecule has 1 aromatic heterocycles. The van der Waals surface area contributed by atoms with Crippen molar-refractivity contribution in [1.29, 1.82) is 0 Å². The van der Waals surface area contributed by atoms with Crippen LogP contribution in [0.4, 0.5) is 0 Å². The molecule has 1 rings (SSSR count). The molecule has 1 heteroatoms. The highest BCUT2D eigenvalue weighted by atomic mass is 14.7. The smallest absolute Gasteiger partial charge is 0.0388 e. The number of rotatable bonds is 0. The fourth-order valence-corrected chi connectivity index (χ4v) is 1.13. The molecule has 0 aromatic carbocycles. The van der Waals surface area contributed by atoms with Gasteiger partial charge in [-0.05, 0) is 26.0 Å². The van der Waals surface area contributed by atoms with E-state index < -0.39 is 0 Å². The van der Waals surface area contributed by atoms with E-state index in [-0.39, 0.29) is 0 Å². The lowest BCUT2D eigenvalue weighted by Crippen LogP contribution is -1.88. The molecular formula is C12H15N. The third-order valence-corrected chi connectivity index (χ3v) is 1.59. The number of aryl methyl sites for hydroxylation is 2. The Labute approximate surface area is 80.2 Å². The highest BCUT2D eigenvalue weighted by Crippen LogP contribution is 2.03. The molecule has 0 spiro atoms. The Morgan fingerprint density at radius 2 is 1.69 bits per heavy atom. The van der Waals surface area contributed by atoms with Gasteiger partial charge in [-0.1, -0.05) is 25.7 Å². The summed E-state index contributed by atoms with van der Waals surface area (Å²) in [5, 5.41) is 0. The van der Waals surface area contributed by atoms with Gasteiger partial charge in [0.1, 0.15) is 0 Å². The van der Waals surface area contributed by atoms with Gasteiger partial charge in [0.15, 0.2) is 0 Å². The minimum absolute atomic E-state index is 0.425. The van der Waals surface area contributed by atoms with Gasteiger partial charge in [-0.15, -0.1) is 0 Å². The maximum absolute atomic E-state index is 4.29. The number of nitrogens with zero attached hydrogens (tertiary/aromatic N) is 1. The quantitative estimate of drug-likeness (QED) is 0.550. The van der Waals surface area contributed by atoms with E-state index in [0.717, 1.165) is 17.0 Å². The molecule has 0 radical (unpaired) electrons. The van der Waals surface area contributed by atoms with E-state index in [1.807, 2.05) is 26.0 Å². The second kappa shape index (κ2) is 4.09. The van der Waals surface area contributed by atoms with E-state index in [1.165, 1.54) is 0 Å². The monoisotopic (exact) mass is 173 g/mol. The van der Waals surface area contributed by atoms with Crippen LogP contribution in [0.3, 0.4) is 0 Å². The molecule has 1 aromatic rings. The molecule has 1 nitrogen and oxygen atoms in total. The number of hydrogen-bond acceptors (Lipinski definition) is 1. The zero-order valence-electron chi connectivity index (χ0n) is 8.68. The Hall–Kier alpha value is -1.29. The van der Waals surface area contributed by atoms with Gasteiger partial charge < -0.3 is 0 Å². The van der Waals surface area contributed by atoms with Gasteiger partial charge >= 0.3 is 0 Å². The van der Waals surface area contributed by atoms with E-state index in [4.69, 9.17) is 0 Å². The van der Waals surface area contributed by atoms with Crippen molar-refractivity contribution in [2.75, 3.05) is 0 Å². The van der Waals surface area contributed by atoms with Crippen molar-refractivity contribution < 1.29 is 0 Å². The third-order valence-electron chi connectivity index (χ3n) is 1.59. The van der Waals surface area contributed by atoms with Crippen molar-refractivity contribution in [2.24, 2.45) is 5.92 Å². The SMILES string of the molecule is Cc1cc(C#CC(C)C)cc(C)n1. The molecule has 0 saturated carbocycles. The van der Waals surface area contributed by atoms with Crippen LogP contribution < -0.4 is 0 Å².